The van der Waals surface area contributed by atoms with Crippen LogP contribution in [0.2, 0.25) is 0 Å². The van der Waals surface area contributed by atoms with Crippen LogP contribution in [0.15, 0.2) is 4.99 Å². The number of guanidine groups is 1. The van der Waals surface area contributed by atoms with Gasteiger partial charge in [-0.15, -0.1) is 0 Å². The number of likely N-dealkylation sites (tertiary alicyclic amines) is 1. The summed E-state index contributed by atoms with van der Waals surface area (Å²) in [5.74, 6) is 1.42. The van der Waals surface area contributed by atoms with Crippen molar-refractivity contribution in [2.24, 2.45) is 10.9 Å². The molecule has 0 aromatic rings. The maximum Gasteiger partial charge on any atom is 0.305 e. The van der Waals surface area contributed by atoms with Crippen LogP contribution in [0.5, 0.6) is 0 Å². The second kappa shape index (κ2) is 13.9. The number of methoxy groups -OCH3 is 2. The van der Waals surface area contributed by atoms with Crippen LogP contribution in [0.1, 0.15) is 39.0 Å². The van der Waals surface area contributed by atoms with E-state index in [2.05, 4.69) is 21.9 Å². The number of nitrogens with zero attached hydrogens (tertiary/aromatic N) is 2. The van der Waals surface area contributed by atoms with E-state index in [4.69, 9.17) is 14.5 Å². The van der Waals surface area contributed by atoms with E-state index in [0.717, 1.165) is 64.4 Å². The van der Waals surface area contributed by atoms with E-state index >= 15 is 0 Å². The van der Waals surface area contributed by atoms with Crippen LogP contribution in [0.4, 0.5) is 0 Å². The smallest absolute Gasteiger partial charge is 0.305 e. The van der Waals surface area contributed by atoms with E-state index in [1.165, 1.54) is 7.11 Å². The van der Waals surface area contributed by atoms with Crippen LogP contribution < -0.4 is 5.32 Å². The number of hydrogen-bond acceptors (Lipinski definition) is 5. The molecule has 1 N–H and O–H groups in total. The van der Waals surface area contributed by atoms with Crippen molar-refractivity contribution in [1.82, 2.24) is 10.2 Å². The molecule has 7 nitrogen and oxygen atoms in total. The van der Waals surface area contributed by atoms with E-state index < -0.39 is 0 Å². The Balaban J connectivity index is 2.27. The molecule has 1 saturated heterocycles. The van der Waals surface area contributed by atoms with Gasteiger partial charge in [0, 0.05) is 45.6 Å². The predicted octanol–water partition coefficient (Wildman–Crippen LogP) is 1.67. The first kappa shape index (κ1) is 21.7. The molecule has 1 aliphatic heterocycles. The number of rotatable bonds is 12. The van der Waals surface area contributed by atoms with Crippen LogP contribution in [0.25, 0.3) is 0 Å². The van der Waals surface area contributed by atoms with Gasteiger partial charge in [-0.25, -0.2) is 0 Å². The fraction of sp³-hybridized carbons (Fsp3) is 0.889. The van der Waals surface area contributed by atoms with Gasteiger partial charge < -0.3 is 24.4 Å². The van der Waals surface area contributed by atoms with Gasteiger partial charge in [-0.2, -0.15) is 0 Å². The van der Waals surface area contributed by atoms with Crippen LogP contribution in [0, 0.1) is 5.92 Å². The van der Waals surface area contributed by atoms with Crippen LogP contribution in [-0.4, -0.2) is 77.0 Å². The van der Waals surface area contributed by atoms with Gasteiger partial charge in [-0.05, 0) is 26.2 Å². The number of carbonyl (C=O) groups is 1. The summed E-state index contributed by atoms with van der Waals surface area (Å²) < 4.78 is 15.3. The summed E-state index contributed by atoms with van der Waals surface area (Å²) >= 11 is 0. The zero-order valence-corrected chi connectivity index (χ0v) is 16.1. The molecule has 1 fully saturated rings. The van der Waals surface area contributed by atoms with Gasteiger partial charge in [-0.3, -0.25) is 9.79 Å². The van der Waals surface area contributed by atoms with Crippen LogP contribution in [-0.2, 0) is 19.0 Å². The lowest BCUT2D eigenvalue weighted by Gasteiger charge is -2.21. The quantitative estimate of drug-likeness (QED) is 0.248. The van der Waals surface area contributed by atoms with Gasteiger partial charge in [-0.1, -0.05) is 6.42 Å². The summed E-state index contributed by atoms with van der Waals surface area (Å²) in [6.45, 7) is 7.85. The van der Waals surface area contributed by atoms with Crippen LogP contribution >= 0.6 is 0 Å². The Kier molecular flexibility index (Phi) is 12.1. The molecule has 0 radical (unpaired) electrons. The van der Waals surface area contributed by atoms with Gasteiger partial charge >= 0.3 is 5.97 Å². The molecule has 25 heavy (non-hydrogen) atoms. The molecule has 0 saturated carbocycles. The fourth-order valence-corrected chi connectivity index (χ4v) is 2.82. The Morgan fingerprint density at radius 1 is 1.24 bits per heavy atom. The number of ether oxygens (including phenoxy) is 3. The first-order valence-electron chi connectivity index (χ1n) is 9.38. The molecular weight excluding hydrogens is 322 g/mol. The summed E-state index contributed by atoms with van der Waals surface area (Å²) in [4.78, 5) is 18.1. The third-order valence-electron chi connectivity index (χ3n) is 4.23. The summed E-state index contributed by atoms with van der Waals surface area (Å²) in [6.07, 6.45) is 4.48. The molecule has 1 rings (SSSR count). The van der Waals surface area contributed by atoms with E-state index in [-0.39, 0.29) is 5.97 Å². The third-order valence-corrected chi connectivity index (χ3v) is 4.23. The molecule has 0 aromatic carbocycles. The number of carbonyl (C=O) groups excluding carboxylic acids is 1. The molecule has 0 spiro atoms. The number of nitrogens with one attached hydrogen (secondary N) is 1. The molecule has 1 heterocycles. The van der Waals surface area contributed by atoms with E-state index in [1.54, 1.807) is 7.11 Å². The number of hydrogen-bond donors (Lipinski definition) is 1. The Morgan fingerprint density at radius 3 is 2.80 bits per heavy atom. The second-order valence-corrected chi connectivity index (χ2v) is 6.29. The average molecular weight is 357 g/mol. The molecule has 1 aliphatic rings. The van der Waals surface area contributed by atoms with Crippen molar-refractivity contribution in [1.29, 1.82) is 0 Å². The average Bonchev–Trinajstić information content (AvgIpc) is 3.09. The highest BCUT2D eigenvalue weighted by Gasteiger charge is 2.24. The lowest BCUT2D eigenvalue weighted by molar-refractivity contribution is -0.140. The first-order chi connectivity index (χ1) is 12.2. The largest absolute Gasteiger partial charge is 0.469 e. The maximum absolute atomic E-state index is 11.1. The zero-order chi connectivity index (χ0) is 18.3. The van der Waals surface area contributed by atoms with E-state index in [0.29, 0.717) is 25.6 Å². The molecule has 0 aliphatic carbocycles. The van der Waals surface area contributed by atoms with Gasteiger partial charge in [0.25, 0.3) is 0 Å². The highest BCUT2D eigenvalue weighted by Crippen LogP contribution is 2.16. The van der Waals surface area contributed by atoms with Crippen molar-refractivity contribution in [2.75, 3.05) is 60.2 Å². The summed E-state index contributed by atoms with van der Waals surface area (Å²) in [6, 6.07) is 0. The molecule has 146 valence electrons. The minimum absolute atomic E-state index is 0.132. The highest BCUT2D eigenvalue weighted by atomic mass is 16.5. The SMILES string of the molecule is CCNC(=NCCCCCC(=O)OC)N1CCC(COCCOC)C1. The minimum Gasteiger partial charge on any atom is -0.469 e. The molecule has 1 unspecified atom stereocenters. The Bertz CT molecular complexity index is 391. The summed E-state index contributed by atoms with van der Waals surface area (Å²) in [7, 11) is 3.12. The maximum atomic E-state index is 11.1. The Hall–Kier alpha value is -1.34. The van der Waals surface area contributed by atoms with Crippen LogP contribution in [0.3, 0.4) is 0 Å². The molecule has 1 atom stereocenters. The van der Waals surface area contributed by atoms with Crippen molar-refractivity contribution in [3.8, 4) is 0 Å². The molecule has 0 aromatic heterocycles. The number of unbranched alkanes of at least 4 members (excludes halogenated alkanes) is 2. The third kappa shape index (κ3) is 9.65. The monoisotopic (exact) mass is 357 g/mol. The Labute approximate surface area is 152 Å². The topological polar surface area (TPSA) is 72.4 Å². The molecular formula is C18H35N3O4. The van der Waals surface area contributed by atoms with Crippen molar-refractivity contribution in [3.05, 3.63) is 0 Å². The highest BCUT2D eigenvalue weighted by molar-refractivity contribution is 5.80. The first-order valence-corrected chi connectivity index (χ1v) is 9.38. The summed E-state index contributed by atoms with van der Waals surface area (Å²) in [5.41, 5.74) is 0. The molecule has 7 heteroatoms. The number of aliphatic imine (C=N–C) groups is 1. The lowest BCUT2D eigenvalue weighted by atomic mass is 10.1. The summed E-state index contributed by atoms with van der Waals surface area (Å²) in [5, 5.41) is 3.38. The van der Waals surface area contributed by atoms with Gasteiger partial charge in [0.1, 0.15) is 0 Å². The number of esters is 1. The Morgan fingerprint density at radius 2 is 2.08 bits per heavy atom. The van der Waals surface area contributed by atoms with Crippen molar-refractivity contribution in [2.45, 2.75) is 39.0 Å². The van der Waals surface area contributed by atoms with Crippen molar-refractivity contribution in [3.63, 3.8) is 0 Å². The van der Waals surface area contributed by atoms with Crippen molar-refractivity contribution < 1.29 is 19.0 Å². The van der Waals surface area contributed by atoms with Crippen molar-refractivity contribution >= 4 is 11.9 Å². The lowest BCUT2D eigenvalue weighted by Crippen LogP contribution is -2.40. The fourth-order valence-electron chi connectivity index (χ4n) is 2.82. The van der Waals surface area contributed by atoms with Gasteiger partial charge in [0.15, 0.2) is 5.96 Å². The minimum atomic E-state index is -0.132. The molecule has 0 amide bonds. The molecule has 0 bridgehead atoms. The zero-order valence-electron chi connectivity index (χ0n) is 16.1. The van der Waals surface area contributed by atoms with Gasteiger partial charge in [0.2, 0.25) is 0 Å². The standard InChI is InChI=1S/C18H35N3O4/c1-4-19-18(20-10-7-5-6-8-17(22)24-3)21-11-9-16(14-21)15-25-13-12-23-2/h16H,4-15H2,1-3H3,(H,19,20). The predicted molar refractivity (Wildman–Crippen MR) is 98.8 cm³/mol. The van der Waals surface area contributed by atoms with Gasteiger partial charge in [0.05, 0.1) is 26.9 Å². The second-order valence-electron chi connectivity index (χ2n) is 6.29. The van der Waals surface area contributed by atoms with E-state index in [9.17, 15) is 4.79 Å². The normalized spacial score (nSPS) is 17.8. The van der Waals surface area contributed by atoms with E-state index in [1.807, 2.05) is 0 Å².